The summed E-state index contributed by atoms with van der Waals surface area (Å²) in [6.45, 7) is 4.47. The van der Waals surface area contributed by atoms with Gasteiger partial charge in [0.05, 0.1) is 34.4 Å². The summed E-state index contributed by atoms with van der Waals surface area (Å²) in [5.74, 6) is 0.116. The molecule has 9 heteroatoms. The van der Waals surface area contributed by atoms with Crippen LogP contribution in [-0.4, -0.2) is 58.7 Å². The van der Waals surface area contributed by atoms with E-state index < -0.39 is 15.4 Å². The molecule has 3 heterocycles. The number of likely N-dealkylation sites (tertiary alicyclic amines) is 1. The van der Waals surface area contributed by atoms with Gasteiger partial charge in [0.15, 0.2) is 9.84 Å². The maximum absolute atomic E-state index is 13.2. The zero-order valence-electron chi connectivity index (χ0n) is 17.1. The van der Waals surface area contributed by atoms with Gasteiger partial charge in [-0.1, -0.05) is 23.7 Å². The van der Waals surface area contributed by atoms with Gasteiger partial charge in [0.2, 0.25) is 0 Å². The molecule has 1 atom stereocenters. The summed E-state index contributed by atoms with van der Waals surface area (Å²) in [6.07, 6.45) is 1.40. The number of aliphatic hydroxyl groups is 1. The molecule has 1 unspecified atom stereocenters. The van der Waals surface area contributed by atoms with Gasteiger partial charge in [-0.2, -0.15) is 5.10 Å². The monoisotopic (exact) mass is 451 g/mol. The molecular formula is C21H26ClN3O4S. The first-order chi connectivity index (χ1) is 14.1. The number of halogens is 1. The lowest BCUT2D eigenvalue weighted by atomic mass is 9.84. The van der Waals surface area contributed by atoms with Gasteiger partial charge in [-0.25, -0.2) is 8.42 Å². The molecule has 2 aromatic rings. The third-order valence-corrected chi connectivity index (χ3v) is 8.35. The Morgan fingerprint density at radius 2 is 1.83 bits per heavy atom. The summed E-state index contributed by atoms with van der Waals surface area (Å²) < 4.78 is 25.4. The maximum Gasteiger partial charge on any atom is 0.257 e. The van der Waals surface area contributed by atoms with Crippen LogP contribution in [0.4, 0.5) is 0 Å². The topological polar surface area (TPSA) is 92.5 Å². The Labute approximate surface area is 181 Å². The molecule has 1 amide bonds. The van der Waals surface area contributed by atoms with Gasteiger partial charge in [0.25, 0.3) is 5.91 Å². The Morgan fingerprint density at radius 1 is 1.20 bits per heavy atom. The number of carbonyl (C=O) groups excluding carboxylic acids is 1. The smallest absolute Gasteiger partial charge is 0.257 e. The van der Waals surface area contributed by atoms with Crippen molar-refractivity contribution in [1.82, 2.24) is 14.7 Å². The van der Waals surface area contributed by atoms with Crippen molar-refractivity contribution in [3.05, 3.63) is 51.8 Å². The minimum Gasteiger partial charge on any atom is -0.385 e. The molecule has 1 aromatic heterocycles. The largest absolute Gasteiger partial charge is 0.385 e. The van der Waals surface area contributed by atoms with Crippen molar-refractivity contribution < 1.29 is 18.3 Å². The van der Waals surface area contributed by atoms with Gasteiger partial charge in [-0.3, -0.25) is 9.48 Å². The van der Waals surface area contributed by atoms with Crippen LogP contribution in [0.2, 0.25) is 5.02 Å². The Kier molecular flexibility index (Phi) is 5.45. The van der Waals surface area contributed by atoms with Crippen molar-refractivity contribution in [2.75, 3.05) is 24.6 Å². The number of piperidine rings is 1. The van der Waals surface area contributed by atoms with E-state index in [1.807, 2.05) is 19.1 Å². The maximum atomic E-state index is 13.2. The molecular weight excluding hydrogens is 426 g/mol. The predicted molar refractivity (Wildman–Crippen MR) is 114 cm³/mol. The first-order valence-electron chi connectivity index (χ1n) is 10.1. The highest BCUT2D eigenvalue weighted by atomic mass is 35.5. The van der Waals surface area contributed by atoms with Crippen molar-refractivity contribution in [3.63, 3.8) is 0 Å². The normalized spacial score (nSPS) is 22.9. The molecule has 0 saturated carbocycles. The van der Waals surface area contributed by atoms with Crippen LogP contribution < -0.4 is 0 Å². The van der Waals surface area contributed by atoms with Crippen LogP contribution in [0.5, 0.6) is 0 Å². The van der Waals surface area contributed by atoms with Crippen LogP contribution in [0.25, 0.3) is 0 Å². The van der Waals surface area contributed by atoms with Crippen LogP contribution in [0, 0.1) is 13.8 Å². The molecule has 2 fully saturated rings. The van der Waals surface area contributed by atoms with Crippen LogP contribution in [0.15, 0.2) is 24.3 Å². The minimum atomic E-state index is -3.04. The summed E-state index contributed by atoms with van der Waals surface area (Å²) in [5.41, 5.74) is 1.68. The van der Waals surface area contributed by atoms with Gasteiger partial charge in [-0.15, -0.1) is 0 Å². The Hall–Kier alpha value is -1.90. The van der Waals surface area contributed by atoms with E-state index in [9.17, 15) is 18.3 Å². The summed E-state index contributed by atoms with van der Waals surface area (Å²) in [6, 6.07) is 6.96. The number of hydrogen-bond donors (Lipinski definition) is 1. The highest BCUT2D eigenvalue weighted by Gasteiger charge is 2.37. The van der Waals surface area contributed by atoms with Crippen molar-refractivity contribution in [2.24, 2.45) is 0 Å². The van der Waals surface area contributed by atoms with E-state index in [1.165, 1.54) is 0 Å². The molecule has 0 radical (unpaired) electrons. The second kappa shape index (κ2) is 7.66. The molecule has 2 saturated heterocycles. The molecule has 30 heavy (non-hydrogen) atoms. The van der Waals surface area contributed by atoms with Crippen molar-refractivity contribution in [3.8, 4) is 0 Å². The van der Waals surface area contributed by atoms with Crippen LogP contribution in [0.1, 0.15) is 52.6 Å². The lowest BCUT2D eigenvalue weighted by Gasteiger charge is -2.38. The SMILES string of the molecule is Cc1nn(C2CCS(=O)(=O)C2)c(C)c1C(=O)N1CCC(O)(c2ccc(Cl)cc2)CC1. The molecule has 162 valence electrons. The highest BCUT2D eigenvalue weighted by molar-refractivity contribution is 7.91. The van der Waals surface area contributed by atoms with E-state index in [0.29, 0.717) is 54.3 Å². The second-order valence-corrected chi connectivity index (χ2v) is 11.0. The van der Waals surface area contributed by atoms with E-state index in [-0.39, 0.29) is 23.5 Å². The highest BCUT2D eigenvalue weighted by Crippen LogP contribution is 2.34. The summed E-state index contributed by atoms with van der Waals surface area (Å²) in [7, 11) is -3.04. The summed E-state index contributed by atoms with van der Waals surface area (Å²) >= 11 is 5.95. The quantitative estimate of drug-likeness (QED) is 0.774. The number of amides is 1. The molecule has 7 nitrogen and oxygen atoms in total. The number of benzene rings is 1. The zero-order chi connectivity index (χ0) is 21.7. The van der Waals surface area contributed by atoms with E-state index >= 15 is 0 Å². The molecule has 0 bridgehead atoms. The van der Waals surface area contributed by atoms with Crippen molar-refractivity contribution in [2.45, 2.75) is 44.8 Å². The van der Waals surface area contributed by atoms with Gasteiger partial charge in [0.1, 0.15) is 0 Å². The van der Waals surface area contributed by atoms with Crippen LogP contribution in [0.3, 0.4) is 0 Å². The van der Waals surface area contributed by atoms with Crippen LogP contribution >= 0.6 is 11.6 Å². The minimum absolute atomic E-state index is 0.0699. The Balaban J connectivity index is 1.50. The molecule has 1 aromatic carbocycles. The lowest BCUT2D eigenvalue weighted by molar-refractivity contribution is -0.0211. The molecule has 0 aliphatic carbocycles. The fraction of sp³-hybridized carbons (Fsp3) is 0.524. The third kappa shape index (κ3) is 3.88. The predicted octanol–water partition coefficient (Wildman–Crippen LogP) is 2.64. The Morgan fingerprint density at radius 3 is 2.40 bits per heavy atom. The lowest BCUT2D eigenvalue weighted by Crippen LogP contribution is -2.45. The first-order valence-corrected chi connectivity index (χ1v) is 12.3. The molecule has 0 spiro atoms. The van der Waals surface area contributed by atoms with Crippen LogP contribution in [-0.2, 0) is 15.4 Å². The Bertz CT molecular complexity index is 1070. The standard InChI is InChI=1S/C21H26ClN3O4S/c1-14-19(15(2)25(23-14)18-7-12-30(28,29)13-18)20(26)24-10-8-21(27,9-11-24)16-3-5-17(22)6-4-16/h3-6,18,27H,7-13H2,1-2H3. The number of rotatable bonds is 3. The van der Waals surface area contributed by atoms with E-state index in [2.05, 4.69) is 5.10 Å². The fourth-order valence-electron chi connectivity index (χ4n) is 4.58. The van der Waals surface area contributed by atoms with Crippen molar-refractivity contribution in [1.29, 1.82) is 0 Å². The van der Waals surface area contributed by atoms with Gasteiger partial charge < -0.3 is 10.0 Å². The van der Waals surface area contributed by atoms with Gasteiger partial charge in [0, 0.05) is 23.8 Å². The second-order valence-electron chi connectivity index (χ2n) is 8.38. The van der Waals surface area contributed by atoms with E-state index in [4.69, 9.17) is 11.6 Å². The third-order valence-electron chi connectivity index (χ3n) is 6.35. The van der Waals surface area contributed by atoms with Gasteiger partial charge >= 0.3 is 0 Å². The van der Waals surface area contributed by atoms with E-state index in [0.717, 1.165) is 5.56 Å². The first kappa shape index (κ1) is 21.3. The average molecular weight is 452 g/mol. The van der Waals surface area contributed by atoms with Gasteiger partial charge in [-0.05, 0) is 50.8 Å². The molecule has 4 rings (SSSR count). The zero-order valence-corrected chi connectivity index (χ0v) is 18.7. The molecule has 2 aliphatic rings. The number of aromatic nitrogens is 2. The van der Waals surface area contributed by atoms with Crippen molar-refractivity contribution >= 4 is 27.3 Å². The average Bonchev–Trinajstić information content (AvgIpc) is 3.20. The molecule has 2 aliphatic heterocycles. The van der Waals surface area contributed by atoms with E-state index in [1.54, 1.807) is 28.6 Å². The summed E-state index contributed by atoms with van der Waals surface area (Å²) in [4.78, 5) is 15.0. The number of hydrogen-bond acceptors (Lipinski definition) is 5. The summed E-state index contributed by atoms with van der Waals surface area (Å²) in [5, 5.41) is 16.2. The fourth-order valence-corrected chi connectivity index (χ4v) is 6.40. The number of nitrogens with zero attached hydrogens (tertiary/aromatic N) is 3. The number of sulfone groups is 1. The number of aryl methyl sites for hydroxylation is 1. The molecule has 1 N–H and O–H groups in total. The number of carbonyl (C=O) groups is 1.